The van der Waals surface area contributed by atoms with Crippen molar-refractivity contribution in [1.82, 2.24) is 9.97 Å². The summed E-state index contributed by atoms with van der Waals surface area (Å²) in [5, 5.41) is 11.5. The topological polar surface area (TPSA) is 87.6 Å². The largest absolute Gasteiger partial charge is 0.409 e. The van der Waals surface area contributed by atoms with E-state index in [1.807, 2.05) is 20.8 Å². The molecule has 0 unspecified atom stereocenters. The monoisotopic (exact) mass is 237 g/mol. The molecule has 0 bridgehead atoms. The maximum atomic E-state index is 8.51. The first kappa shape index (κ1) is 13.2. The van der Waals surface area contributed by atoms with Crippen LogP contribution in [0.25, 0.3) is 0 Å². The molecular formula is C11H19N5O. The summed E-state index contributed by atoms with van der Waals surface area (Å²) in [7, 11) is 0. The minimum atomic E-state index is 0.224. The quantitative estimate of drug-likeness (QED) is 0.346. The summed E-state index contributed by atoms with van der Waals surface area (Å²) in [5.74, 6) is 1.08. The van der Waals surface area contributed by atoms with Gasteiger partial charge in [0.25, 0.3) is 0 Å². The standard InChI is InChI=1S/C11H19N5O/c1-4-16(6-5-10(12)15-17)11-9(3)13-7-8(2)14-11/h7,17H,4-6H2,1-3H3,(H2,12,15). The molecule has 0 aliphatic carbocycles. The van der Waals surface area contributed by atoms with Crippen LogP contribution in [0.15, 0.2) is 11.4 Å². The lowest BCUT2D eigenvalue weighted by Crippen LogP contribution is -2.29. The Morgan fingerprint density at radius 1 is 1.53 bits per heavy atom. The Morgan fingerprint density at radius 3 is 2.82 bits per heavy atom. The van der Waals surface area contributed by atoms with E-state index >= 15 is 0 Å². The Labute approximate surface area is 101 Å². The molecule has 0 atom stereocenters. The first-order valence-electron chi connectivity index (χ1n) is 5.60. The molecule has 1 rings (SSSR count). The number of nitrogens with zero attached hydrogens (tertiary/aromatic N) is 4. The molecule has 0 radical (unpaired) electrons. The predicted molar refractivity (Wildman–Crippen MR) is 67.4 cm³/mol. The van der Waals surface area contributed by atoms with Gasteiger partial charge in [0.2, 0.25) is 0 Å². The van der Waals surface area contributed by atoms with Gasteiger partial charge in [0.15, 0.2) is 0 Å². The van der Waals surface area contributed by atoms with Gasteiger partial charge in [-0.25, -0.2) is 4.98 Å². The Bertz CT molecular complexity index is 405. The summed E-state index contributed by atoms with van der Waals surface area (Å²) >= 11 is 0. The molecule has 1 aromatic rings. The average molecular weight is 237 g/mol. The van der Waals surface area contributed by atoms with Crippen LogP contribution in [0.3, 0.4) is 0 Å². The fraction of sp³-hybridized carbons (Fsp3) is 0.545. The molecule has 0 saturated carbocycles. The van der Waals surface area contributed by atoms with Crippen LogP contribution in [0.1, 0.15) is 24.7 Å². The van der Waals surface area contributed by atoms with Gasteiger partial charge in [0.05, 0.1) is 11.4 Å². The van der Waals surface area contributed by atoms with Crippen LogP contribution in [0.4, 0.5) is 5.82 Å². The van der Waals surface area contributed by atoms with E-state index in [2.05, 4.69) is 20.0 Å². The zero-order chi connectivity index (χ0) is 12.8. The smallest absolute Gasteiger partial charge is 0.150 e. The third kappa shape index (κ3) is 3.58. The van der Waals surface area contributed by atoms with Gasteiger partial charge in [-0.05, 0) is 20.8 Å². The zero-order valence-electron chi connectivity index (χ0n) is 10.5. The molecule has 17 heavy (non-hydrogen) atoms. The molecule has 6 heteroatoms. The van der Waals surface area contributed by atoms with Crippen molar-refractivity contribution in [3.05, 3.63) is 17.6 Å². The van der Waals surface area contributed by atoms with E-state index in [0.717, 1.165) is 23.8 Å². The van der Waals surface area contributed by atoms with E-state index in [-0.39, 0.29) is 5.84 Å². The molecule has 0 aliphatic rings. The van der Waals surface area contributed by atoms with Crippen molar-refractivity contribution < 1.29 is 5.21 Å². The highest BCUT2D eigenvalue weighted by molar-refractivity contribution is 5.80. The van der Waals surface area contributed by atoms with E-state index in [1.54, 1.807) is 6.20 Å². The van der Waals surface area contributed by atoms with Gasteiger partial charge in [-0.1, -0.05) is 5.16 Å². The van der Waals surface area contributed by atoms with Gasteiger partial charge in [-0.3, -0.25) is 4.98 Å². The predicted octanol–water partition coefficient (Wildman–Crippen LogP) is 1.06. The van der Waals surface area contributed by atoms with Crippen molar-refractivity contribution in [3.63, 3.8) is 0 Å². The highest BCUT2D eigenvalue weighted by Crippen LogP contribution is 2.15. The number of hydrogen-bond donors (Lipinski definition) is 2. The SMILES string of the molecule is CCN(CCC(N)=NO)c1nc(C)cnc1C. The van der Waals surface area contributed by atoms with Crippen LogP contribution >= 0.6 is 0 Å². The van der Waals surface area contributed by atoms with Crippen LogP contribution in [-0.2, 0) is 0 Å². The van der Waals surface area contributed by atoms with Crippen molar-refractivity contribution in [2.75, 3.05) is 18.0 Å². The molecule has 1 heterocycles. The van der Waals surface area contributed by atoms with Gasteiger partial charge in [-0.15, -0.1) is 0 Å². The highest BCUT2D eigenvalue weighted by atomic mass is 16.4. The highest BCUT2D eigenvalue weighted by Gasteiger charge is 2.10. The summed E-state index contributed by atoms with van der Waals surface area (Å²) in [6.07, 6.45) is 2.25. The van der Waals surface area contributed by atoms with E-state index in [0.29, 0.717) is 13.0 Å². The summed E-state index contributed by atoms with van der Waals surface area (Å²) < 4.78 is 0. The normalized spacial score (nSPS) is 11.6. The number of oxime groups is 1. The van der Waals surface area contributed by atoms with Crippen LogP contribution < -0.4 is 10.6 Å². The Morgan fingerprint density at radius 2 is 2.24 bits per heavy atom. The number of rotatable bonds is 5. The summed E-state index contributed by atoms with van der Waals surface area (Å²) in [6.45, 7) is 7.33. The van der Waals surface area contributed by atoms with Crippen molar-refractivity contribution in [2.24, 2.45) is 10.9 Å². The van der Waals surface area contributed by atoms with Gasteiger partial charge >= 0.3 is 0 Å². The van der Waals surface area contributed by atoms with Gasteiger partial charge in [0.1, 0.15) is 11.7 Å². The molecule has 0 aliphatic heterocycles. The molecule has 6 nitrogen and oxygen atoms in total. The Balaban J connectivity index is 2.82. The van der Waals surface area contributed by atoms with Gasteiger partial charge in [0, 0.05) is 25.7 Å². The number of anilines is 1. The number of aryl methyl sites for hydroxylation is 2. The first-order valence-corrected chi connectivity index (χ1v) is 5.60. The second kappa shape index (κ2) is 6.03. The fourth-order valence-electron chi connectivity index (χ4n) is 1.54. The molecule has 0 amide bonds. The van der Waals surface area contributed by atoms with Crippen molar-refractivity contribution in [3.8, 4) is 0 Å². The van der Waals surface area contributed by atoms with E-state index < -0.39 is 0 Å². The van der Waals surface area contributed by atoms with Crippen molar-refractivity contribution in [2.45, 2.75) is 27.2 Å². The molecule has 1 aromatic heterocycles. The molecular weight excluding hydrogens is 218 g/mol. The van der Waals surface area contributed by atoms with Crippen molar-refractivity contribution >= 4 is 11.7 Å². The minimum absolute atomic E-state index is 0.224. The van der Waals surface area contributed by atoms with Crippen LogP contribution in [-0.4, -0.2) is 34.1 Å². The third-order valence-electron chi connectivity index (χ3n) is 2.50. The summed E-state index contributed by atoms with van der Waals surface area (Å²) in [6, 6.07) is 0. The Kier molecular flexibility index (Phi) is 4.68. The maximum absolute atomic E-state index is 8.51. The number of amidine groups is 1. The Hall–Kier alpha value is -1.85. The van der Waals surface area contributed by atoms with E-state index in [9.17, 15) is 0 Å². The van der Waals surface area contributed by atoms with Gasteiger partial charge in [-0.2, -0.15) is 0 Å². The zero-order valence-corrected chi connectivity index (χ0v) is 10.5. The average Bonchev–Trinajstić information content (AvgIpc) is 2.33. The molecule has 3 N–H and O–H groups in total. The first-order chi connectivity index (χ1) is 8.08. The molecule has 0 aromatic carbocycles. The maximum Gasteiger partial charge on any atom is 0.150 e. The van der Waals surface area contributed by atoms with Crippen LogP contribution in [0.5, 0.6) is 0 Å². The number of hydrogen-bond acceptors (Lipinski definition) is 5. The summed E-state index contributed by atoms with van der Waals surface area (Å²) in [4.78, 5) is 10.8. The fourth-order valence-corrected chi connectivity index (χ4v) is 1.54. The lowest BCUT2D eigenvalue weighted by atomic mass is 10.3. The van der Waals surface area contributed by atoms with Crippen LogP contribution in [0, 0.1) is 13.8 Å². The molecule has 94 valence electrons. The lowest BCUT2D eigenvalue weighted by Gasteiger charge is -2.23. The number of nitrogens with two attached hydrogens (primary N) is 1. The van der Waals surface area contributed by atoms with Gasteiger partial charge < -0.3 is 15.8 Å². The third-order valence-corrected chi connectivity index (χ3v) is 2.50. The van der Waals surface area contributed by atoms with Crippen LogP contribution in [0.2, 0.25) is 0 Å². The molecule has 0 spiro atoms. The molecule has 0 saturated heterocycles. The number of aromatic nitrogens is 2. The van der Waals surface area contributed by atoms with E-state index in [4.69, 9.17) is 10.9 Å². The molecule has 0 fully saturated rings. The minimum Gasteiger partial charge on any atom is -0.409 e. The lowest BCUT2D eigenvalue weighted by molar-refractivity contribution is 0.317. The van der Waals surface area contributed by atoms with E-state index in [1.165, 1.54) is 0 Å². The summed E-state index contributed by atoms with van der Waals surface area (Å²) in [5.41, 5.74) is 7.23. The second-order valence-electron chi connectivity index (χ2n) is 3.84. The van der Waals surface area contributed by atoms with Crippen molar-refractivity contribution in [1.29, 1.82) is 0 Å². The second-order valence-corrected chi connectivity index (χ2v) is 3.84.